The van der Waals surface area contributed by atoms with E-state index in [-0.39, 0.29) is 18.1 Å². The second kappa shape index (κ2) is 5.50. The van der Waals surface area contributed by atoms with Gasteiger partial charge < -0.3 is 9.72 Å². The van der Waals surface area contributed by atoms with E-state index in [9.17, 15) is 9.59 Å². The van der Waals surface area contributed by atoms with Gasteiger partial charge in [0.2, 0.25) is 0 Å². The van der Waals surface area contributed by atoms with Crippen LogP contribution in [0, 0.1) is 17.8 Å². The minimum absolute atomic E-state index is 0.0423. The summed E-state index contributed by atoms with van der Waals surface area (Å²) in [4.78, 5) is 30.8. The van der Waals surface area contributed by atoms with Crippen LogP contribution in [-0.4, -0.2) is 15.9 Å². The highest BCUT2D eigenvalue weighted by Gasteiger charge is 2.40. The van der Waals surface area contributed by atoms with Gasteiger partial charge in [0.05, 0.1) is 5.52 Å². The van der Waals surface area contributed by atoms with Crippen LogP contribution in [0.25, 0.3) is 10.2 Å². The minimum atomic E-state index is -0.175. The number of aromatic nitrogens is 2. The van der Waals surface area contributed by atoms with E-state index in [4.69, 9.17) is 4.74 Å². The van der Waals surface area contributed by atoms with Gasteiger partial charge >= 0.3 is 5.97 Å². The number of hydrogen-bond acceptors (Lipinski definition) is 5. The number of fused-ring (bicyclic) bond motifs is 3. The number of rotatable bonds is 4. The number of carbonyl (C=O) groups excluding carboxylic acids is 1. The van der Waals surface area contributed by atoms with E-state index >= 15 is 0 Å². The second-order valence-electron chi connectivity index (χ2n) is 6.45. The summed E-state index contributed by atoms with van der Waals surface area (Å²) >= 11 is 1.36. The standard InChI is InChI=1S/C16H18N2O3S/c19-14(7-11-6-9-1-2-10(11)5-9)21-8-13-17-12-3-4-22-15(12)16(20)18-13/h3-4,9-11H,1-2,5-8H2,(H,17,18,20)/t9-,10-,11+/m1/s1. The molecule has 2 bridgehead atoms. The van der Waals surface area contributed by atoms with E-state index < -0.39 is 0 Å². The van der Waals surface area contributed by atoms with E-state index in [0.29, 0.717) is 28.4 Å². The fraction of sp³-hybridized carbons (Fsp3) is 0.562. The Kier molecular flexibility index (Phi) is 3.48. The summed E-state index contributed by atoms with van der Waals surface area (Å²) in [6, 6.07) is 1.80. The number of nitrogens with zero attached hydrogens (tertiary/aromatic N) is 1. The van der Waals surface area contributed by atoms with Gasteiger partial charge in [0.25, 0.3) is 5.56 Å². The Hall–Kier alpha value is -1.69. The highest BCUT2D eigenvalue weighted by molar-refractivity contribution is 7.17. The number of H-pyrrole nitrogens is 1. The number of aromatic amines is 1. The quantitative estimate of drug-likeness (QED) is 0.880. The first-order valence-electron chi connectivity index (χ1n) is 7.81. The van der Waals surface area contributed by atoms with Gasteiger partial charge in [-0.1, -0.05) is 6.42 Å². The molecular weight excluding hydrogens is 300 g/mol. The lowest BCUT2D eigenvalue weighted by atomic mass is 9.86. The maximum Gasteiger partial charge on any atom is 0.306 e. The van der Waals surface area contributed by atoms with E-state index in [1.807, 2.05) is 5.38 Å². The first-order valence-corrected chi connectivity index (χ1v) is 8.69. The SMILES string of the molecule is O=C(C[C@@H]1C[C@@H]2CC[C@@H]1C2)OCc1nc2ccsc2c(=O)[nH]1. The average Bonchev–Trinajstić information content (AvgIpc) is 3.20. The molecule has 2 heterocycles. The lowest BCUT2D eigenvalue weighted by molar-refractivity contribution is -0.146. The largest absolute Gasteiger partial charge is 0.458 e. The van der Waals surface area contributed by atoms with E-state index in [2.05, 4.69) is 9.97 Å². The van der Waals surface area contributed by atoms with Crippen LogP contribution in [0.3, 0.4) is 0 Å². The fourth-order valence-corrected chi connectivity index (χ4v) is 4.76. The average molecular weight is 318 g/mol. The van der Waals surface area contributed by atoms with Gasteiger partial charge in [0, 0.05) is 6.42 Å². The third-order valence-corrected chi connectivity index (χ3v) is 5.95. The molecule has 2 aromatic rings. The van der Waals surface area contributed by atoms with Gasteiger partial charge in [-0.3, -0.25) is 9.59 Å². The van der Waals surface area contributed by atoms with Crippen LogP contribution in [0.2, 0.25) is 0 Å². The van der Waals surface area contributed by atoms with Crippen molar-refractivity contribution in [3.63, 3.8) is 0 Å². The second-order valence-corrected chi connectivity index (χ2v) is 7.36. The third-order valence-electron chi connectivity index (χ3n) is 5.05. The van der Waals surface area contributed by atoms with Crippen LogP contribution in [0.15, 0.2) is 16.2 Å². The lowest BCUT2D eigenvalue weighted by Gasteiger charge is -2.20. The summed E-state index contributed by atoms with van der Waals surface area (Å²) in [5.74, 6) is 2.29. The van der Waals surface area contributed by atoms with Crippen LogP contribution in [0.1, 0.15) is 37.9 Å². The number of ether oxygens (including phenoxy) is 1. The molecule has 2 aromatic heterocycles. The van der Waals surface area contributed by atoms with Crippen LogP contribution in [0.5, 0.6) is 0 Å². The molecule has 6 heteroatoms. The molecule has 0 aromatic carbocycles. The molecule has 0 amide bonds. The highest BCUT2D eigenvalue weighted by Crippen LogP contribution is 2.49. The molecule has 2 aliphatic carbocycles. The maximum absolute atomic E-state index is 12.0. The van der Waals surface area contributed by atoms with Crippen LogP contribution < -0.4 is 5.56 Å². The third kappa shape index (κ3) is 2.56. The molecule has 22 heavy (non-hydrogen) atoms. The van der Waals surface area contributed by atoms with Crippen molar-refractivity contribution < 1.29 is 9.53 Å². The Morgan fingerprint density at radius 1 is 1.41 bits per heavy atom. The van der Waals surface area contributed by atoms with Gasteiger partial charge in [-0.25, -0.2) is 4.98 Å². The summed E-state index contributed by atoms with van der Waals surface area (Å²) in [5, 5.41) is 1.83. The topological polar surface area (TPSA) is 72.0 Å². The Bertz CT molecular complexity index is 766. The highest BCUT2D eigenvalue weighted by atomic mass is 32.1. The molecule has 0 saturated heterocycles. The summed E-state index contributed by atoms with van der Waals surface area (Å²) < 4.78 is 5.92. The van der Waals surface area contributed by atoms with E-state index in [1.165, 1.54) is 37.0 Å². The first kappa shape index (κ1) is 13.9. The summed E-state index contributed by atoms with van der Waals surface area (Å²) in [5.41, 5.74) is 0.493. The molecular formula is C16H18N2O3S. The van der Waals surface area contributed by atoms with Crippen molar-refractivity contribution in [2.45, 2.75) is 38.7 Å². The van der Waals surface area contributed by atoms with Crippen molar-refractivity contribution in [2.24, 2.45) is 17.8 Å². The Labute approximate surface area is 131 Å². The Balaban J connectivity index is 1.37. The fourth-order valence-electron chi connectivity index (χ4n) is 4.04. The number of nitrogens with one attached hydrogen (secondary N) is 1. The van der Waals surface area contributed by atoms with Crippen molar-refractivity contribution in [3.8, 4) is 0 Å². The molecule has 5 nitrogen and oxygen atoms in total. The summed E-state index contributed by atoms with van der Waals surface area (Å²) in [6.07, 6.45) is 5.58. The summed E-state index contributed by atoms with van der Waals surface area (Å²) in [6.45, 7) is 0.0423. The number of esters is 1. The number of thiophene rings is 1. The molecule has 0 spiro atoms. The zero-order valence-electron chi connectivity index (χ0n) is 12.2. The van der Waals surface area contributed by atoms with Gasteiger partial charge in [-0.2, -0.15) is 0 Å². The van der Waals surface area contributed by atoms with Gasteiger partial charge in [-0.15, -0.1) is 11.3 Å². The predicted octanol–water partition coefficient (Wildman–Crippen LogP) is 2.85. The molecule has 0 unspecified atom stereocenters. The normalized spacial score (nSPS) is 26.6. The Morgan fingerprint density at radius 3 is 3.09 bits per heavy atom. The molecule has 2 aliphatic rings. The first-order chi connectivity index (χ1) is 10.7. The van der Waals surface area contributed by atoms with Gasteiger partial charge in [0.1, 0.15) is 17.1 Å². The minimum Gasteiger partial charge on any atom is -0.458 e. The molecule has 4 rings (SSSR count). The number of carbonyl (C=O) groups is 1. The lowest BCUT2D eigenvalue weighted by Crippen LogP contribution is -2.18. The van der Waals surface area contributed by atoms with E-state index in [1.54, 1.807) is 6.07 Å². The van der Waals surface area contributed by atoms with Crippen molar-refractivity contribution in [2.75, 3.05) is 0 Å². The monoisotopic (exact) mass is 318 g/mol. The van der Waals surface area contributed by atoms with Crippen LogP contribution in [-0.2, 0) is 16.1 Å². The Morgan fingerprint density at radius 2 is 2.32 bits per heavy atom. The smallest absolute Gasteiger partial charge is 0.306 e. The maximum atomic E-state index is 12.0. The predicted molar refractivity (Wildman–Crippen MR) is 83.6 cm³/mol. The molecule has 3 atom stereocenters. The van der Waals surface area contributed by atoms with Crippen molar-refractivity contribution in [1.29, 1.82) is 0 Å². The zero-order chi connectivity index (χ0) is 15.1. The van der Waals surface area contributed by atoms with Gasteiger partial charge in [-0.05, 0) is 48.5 Å². The molecule has 2 fully saturated rings. The van der Waals surface area contributed by atoms with Crippen molar-refractivity contribution >= 4 is 27.5 Å². The van der Waals surface area contributed by atoms with Crippen molar-refractivity contribution in [3.05, 3.63) is 27.6 Å². The van der Waals surface area contributed by atoms with E-state index in [0.717, 1.165) is 11.8 Å². The summed E-state index contributed by atoms with van der Waals surface area (Å²) in [7, 11) is 0. The molecule has 116 valence electrons. The number of hydrogen-bond donors (Lipinski definition) is 1. The molecule has 0 radical (unpaired) electrons. The van der Waals surface area contributed by atoms with Crippen LogP contribution in [0.4, 0.5) is 0 Å². The zero-order valence-corrected chi connectivity index (χ0v) is 13.0. The van der Waals surface area contributed by atoms with Crippen LogP contribution >= 0.6 is 11.3 Å². The van der Waals surface area contributed by atoms with Gasteiger partial charge in [0.15, 0.2) is 0 Å². The molecule has 0 aliphatic heterocycles. The van der Waals surface area contributed by atoms with Crippen molar-refractivity contribution in [1.82, 2.24) is 9.97 Å². The molecule has 2 saturated carbocycles. The molecule has 1 N–H and O–H groups in total.